The molecule has 0 saturated carbocycles. The fourth-order valence-corrected chi connectivity index (χ4v) is 2.08. The van der Waals surface area contributed by atoms with Crippen LogP contribution in [0.2, 0.25) is 0 Å². The molecule has 0 fully saturated rings. The normalized spacial score (nSPS) is 12.4. The van der Waals surface area contributed by atoms with Crippen molar-refractivity contribution in [3.05, 3.63) is 70.3 Å². The van der Waals surface area contributed by atoms with Gasteiger partial charge in [0.25, 0.3) is 0 Å². The van der Waals surface area contributed by atoms with E-state index in [2.05, 4.69) is 5.32 Å². The smallest absolute Gasteiger partial charge is 0.128 e. The summed E-state index contributed by atoms with van der Waals surface area (Å²) < 4.78 is 27.4. The van der Waals surface area contributed by atoms with Gasteiger partial charge in [-0.2, -0.15) is 0 Å². The average molecular weight is 275 g/mol. The second kappa shape index (κ2) is 6.14. The minimum absolute atomic E-state index is 0.244. The van der Waals surface area contributed by atoms with Crippen LogP contribution in [0.15, 0.2) is 36.4 Å². The van der Waals surface area contributed by atoms with E-state index in [1.54, 1.807) is 6.92 Å². The lowest BCUT2D eigenvalue weighted by Gasteiger charge is -2.16. The van der Waals surface area contributed by atoms with E-state index in [-0.39, 0.29) is 17.7 Å². The van der Waals surface area contributed by atoms with E-state index < -0.39 is 0 Å². The first-order chi connectivity index (χ1) is 9.47. The average Bonchev–Trinajstić information content (AvgIpc) is 2.42. The molecule has 1 nitrogen and oxygen atoms in total. The van der Waals surface area contributed by atoms with Crippen molar-refractivity contribution in [2.45, 2.75) is 33.4 Å². The van der Waals surface area contributed by atoms with Crippen LogP contribution in [0.3, 0.4) is 0 Å². The van der Waals surface area contributed by atoms with E-state index in [1.807, 2.05) is 38.1 Å². The van der Waals surface area contributed by atoms with Crippen LogP contribution in [-0.2, 0) is 6.54 Å². The maximum absolute atomic E-state index is 13.9. The molecular formula is C17H19F2N. The highest BCUT2D eigenvalue weighted by Crippen LogP contribution is 2.21. The van der Waals surface area contributed by atoms with Crippen molar-refractivity contribution in [2.75, 3.05) is 0 Å². The Morgan fingerprint density at radius 3 is 2.30 bits per heavy atom. The molecule has 0 amide bonds. The van der Waals surface area contributed by atoms with Crippen LogP contribution in [0, 0.1) is 25.5 Å². The van der Waals surface area contributed by atoms with Gasteiger partial charge in [-0.15, -0.1) is 0 Å². The Labute approximate surface area is 118 Å². The lowest BCUT2D eigenvalue weighted by molar-refractivity contribution is 0.516. The van der Waals surface area contributed by atoms with Gasteiger partial charge in [-0.3, -0.25) is 0 Å². The maximum atomic E-state index is 13.9. The summed E-state index contributed by atoms with van der Waals surface area (Å²) in [5.74, 6) is -0.738. The summed E-state index contributed by atoms with van der Waals surface area (Å²) in [6.07, 6.45) is 0. The lowest BCUT2D eigenvalue weighted by atomic mass is 10.0. The Balaban J connectivity index is 2.06. The third-order valence-electron chi connectivity index (χ3n) is 3.48. The third-order valence-corrected chi connectivity index (χ3v) is 3.48. The zero-order valence-electron chi connectivity index (χ0n) is 12.0. The molecule has 2 rings (SSSR count). The second-order valence-corrected chi connectivity index (χ2v) is 5.21. The molecule has 0 aliphatic heterocycles. The summed E-state index contributed by atoms with van der Waals surface area (Å²) in [4.78, 5) is 0. The van der Waals surface area contributed by atoms with Crippen molar-refractivity contribution in [3.8, 4) is 0 Å². The Kier molecular flexibility index (Phi) is 4.50. The fourth-order valence-electron chi connectivity index (χ4n) is 2.08. The Bertz CT molecular complexity index is 591. The largest absolute Gasteiger partial charge is 0.306 e. The van der Waals surface area contributed by atoms with Crippen molar-refractivity contribution < 1.29 is 8.78 Å². The Morgan fingerprint density at radius 2 is 1.65 bits per heavy atom. The molecule has 0 aliphatic rings. The van der Waals surface area contributed by atoms with Gasteiger partial charge in [0, 0.05) is 18.2 Å². The monoisotopic (exact) mass is 275 g/mol. The lowest BCUT2D eigenvalue weighted by Crippen LogP contribution is -2.19. The molecule has 3 heteroatoms. The van der Waals surface area contributed by atoms with E-state index in [4.69, 9.17) is 0 Å². The third kappa shape index (κ3) is 3.42. The van der Waals surface area contributed by atoms with E-state index in [1.165, 1.54) is 17.7 Å². The van der Waals surface area contributed by atoms with Gasteiger partial charge in [0.1, 0.15) is 11.6 Å². The standard InChI is InChI=1S/C17H19F2N/c1-11-4-6-14(7-5-11)10-20-13(3)15-9-16(18)12(2)8-17(15)19/h4-9,13,20H,10H2,1-3H3. The summed E-state index contributed by atoms with van der Waals surface area (Å²) in [6, 6.07) is 10.4. The second-order valence-electron chi connectivity index (χ2n) is 5.21. The molecule has 0 heterocycles. The summed E-state index contributed by atoms with van der Waals surface area (Å²) in [6.45, 7) is 6.05. The zero-order valence-corrected chi connectivity index (χ0v) is 12.0. The minimum Gasteiger partial charge on any atom is -0.306 e. The number of benzene rings is 2. The molecule has 0 aliphatic carbocycles. The highest BCUT2D eigenvalue weighted by Gasteiger charge is 2.13. The highest BCUT2D eigenvalue weighted by atomic mass is 19.1. The number of hydrogen-bond acceptors (Lipinski definition) is 1. The van der Waals surface area contributed by atoms with Crippen LogP contribution in [0.1, 0.15) is 35.2 Å². The first-order valence-electron chi connectivity index (χ1n) is 6.72. The molecule has 1 unspecified atom stereocenters. The number of nitrogens with one attached hydrogen (secondary N) is 1. The molecule has 20 heavy (non-hydrogen) atoms. The number of rotatable bonds is 4. The first kappa shape index (κ1) is 14.7. The van der Waals surface area contributed by atoms with Gasteiger partial charge in [-0.25, -0.2) is 8.78 Å². The zero-order chi connectivity index (χ0) is 14.7. The molecule has 0 spiro atoms. The molecule has 2 aromatic rings. The van der Waals surface area contributed by atoms with Crippen LogP contribution in [0.4, 0.5) is 8.78 Å². The van der Waals surface area contributed by atoms with Crippen LogP contribution >= 0.6 is 0 Å². The maximum Gasteiger partial charge on any atom is 0.128 e. The summed E-state index contributed by atoms with van der Waals surface area (Å²) in [5.41, 5.74) is 3.01. The van der Waals surface area contributed by atoms with Crippen LogP contribution in [0.5, 0.6) is 0 Å². The highest BCUT2D eigenvalue weighted by molar-refractivity contribution is 5.28. The van der Waals surface area contributed by atoms with Crippen molar-refractivity contribution in [1.82, 2.24) is 5.32 Å². The molecule has 1 N–H and O–H groups in total. The molecule has 0 bridgehead atoms. The van der Waals surface area contributed by atoms with Crippen molar-refractivity contribution in [1.29, 1.82) is 0 Å². The number of hydrogen-bond donors (Lipinski definition) is 1. The Morgan fingerprint density at radius 1 is 1.00 bits per heavy atom. The summed E-state index contributed by atoms with van der Waals surface area (Å²) >= 11 is 0. The molecule has 0 saturated heterocycles. The van der Waals surface area contributed by atoms with E-state index >= 15 is 0 Å². The SMILES string of the molecule is Cc1ccc(CNC(C)c2cc(F)c(C)cc2F)cc1. The van der Waals surface area contributed by atoms with Crippen molar-refractivity contribution in [2.24, 2.45) is 0 Å². The molecule has 0 aromatic heterocycles. The quantitative estimate of drug-likeness (QED) is 0.870. The summed E-state index contributed by atoms with van der Waals surface area (Å²) in [7, 11) is 0. The van der Waals surface area contributed by atoms with Gasteiger partial charge in [0.2, 0.25) is 0 Å². The van der Waals surface area contributed by atoms with Gasteiger partial charge in [-0.05, 0) is 44.0 Å². The first-order valence-corrected chi connectivity index (χ1v) is 6.72. The van der Waals surface area contributed by atoms with Gasteiger partial charge >= 0.3 is 0 Å². The van der Waals surface area contributed by atoms with Gasteiger partial charge in [0.05, 0.1) is 0 Å². The molecule has 2 aromatic carbocycles. The van der Waals surface area contributed by atoms with Crippen molar-refractivity contribution in [3.63, 3.8) is 0 Å². The number of halogens is 2. The molecule has 1 atom stereocenters. The van der Waals surface area contributed by atoms with E-state index in [0.29, 0.717) is 17.7 Å². The van der Waals surface area contributed by atoms with Gasteiger partial charge < -0.3 is 5.32 Å². The Hall–Kier alpha value is -1.74. The predicted octanol–water partition coefficient (Wildman–Crippen LogP) is 4.43. The predicted molar refractivity (Wildman–Crippen MR) is 77.5 cm³/mol. The fraction of sp³-hybridized carbons (Fsp3) is 0.294. The van der Waals surface area contributed by atoms with E-state index in [9.17, 15) is 8.78 Å². The number of aryl methyl sites for hydroxylation is 2. The molecular weight excluding hydrogens is 256 g/mol. The minimum atomic E-state index is -0.370. The van der Waals surface area contributed by atoms with Gasteiger partial charge in [0.15, 0.2) is 0 Å². The summed E-state index contributed by atoms with van der Waals surface area (Å²) in [5, 5.41) is 3.22. The van der Waals surface area contributed by atoms with Crippen LogP contribution in [-0.4, -0.2) is 0 Å². The topological polar surface area (TPSA) is 12.0 Å². The van der Waals surface area contributed by atoms with Crippen LogP contribution < -0.4 is 5.32 Å². The van der Waals surface area contributed by atoms with Crippen LogP contribution in [0.25, 0.3) is 0 Å². The van der Waals surface area contributed by atoms with E-state index in [0.717, 1.165) is 5.56 Å². The molecule has 0 radical (unpaired) electrons. The van der Waals surface area contributed by atoms with Crippen molar-refractivity contribution >= 4 is 0 Å². The molecule has 106 valence electrons. The van der Waals surface area contributed by atoms with Gasteiger partial charge in [-0.1, -0.05) is 29.8 Å².